The van der Waals surface area contributed by atoms with E-state index in [2.05, 4.69) is 32.7 Å². The van der Waals surface area contributed by atoms with Crippen LogP contribution in [0.2, 0.25) is 0 Å². The second-order valence-electron chi connectivity index (χ2n) is 4.78. The molecule has 2 atom stereocenters. The second-order valence-corrected chi connectivity index (χ2v) is 4.78. The lowest BCUT2D eigenvalue weighted by molar-refractivity contribution is -0.0197. The lowest BCUT2D eigenvalue weighted by Crippen LogP contribution is -2.36. The maximum Gasteiger partial charge on any atom is 0.0740 e. The maximum absolute atomic E-state index is 5.82. The third-order valence-corrected chi connectivity index (χ3v) is 2.44. The van der Waals surface area contributed by atoms with E-state index in [0.717, 1.165) is 25.9 Å². The van der Waals surface area contributed by atoms with Crippen molar-refractivity contribution in [3.8, 4) is 0 Å². The molecule has 0 unspecified atom stereocenters. The fourth-order valence-corrected chi connectivity index (χ4v) is 1.89. The Morgan fingerprint density at radius 1 is 1.50 bits per heavy atom. The highest BCUT2D eigenvalue weighted by atomic mass is 16.5. The van der Waals surface area contributed by atoms with E-state index in [1.54, 1.807) is 0 Å². The molecule has 0 aromatic rings. The molecule has 14 heavy (non-hydrogen) atoms. The number of ether oxygens (including phenoxy) is 1. The minimum absolute atomic E-state index is 0.338. The van der Waals surface area contributed by atoms with Crippen LogP contribution < -0.4 is 5.32 Å². The van der Waals surface area contributed by atoms with Crippen LogP contribution in [0.25, 0.3) is 0 Å². The molecule has 0 aromatic heterocycles. The van der Waals surface area contributed by atoms with E-state index in [1.807, 2.05) is 0 Å². The number of hydrogen-bond acceptors (Lipinski definition) is 2. The predicted molar refractivity (Wildman–Crippen MR) is 60.4 cm³/mol. The quantitative estimate of drug-likeness (QED) is 0.699. The molecule has 1 saturated heterocycles. The Bertz CT molecular complexity index is 189. The van der Waals surface area contributed by atoms with Crippen LogP contribution in [0.4, 0.5) is 0 Å². The van der Waals surface area contributed by atoms with E-state index in [4.69, 9.17) is 4.74 Å². The third-order valence-electron chi connectivity index (χ3n) is 2.44. The van der Waals surface area contributed by atoms with Gasteiger partial charge in [-0.1, -0.05) is 26.0 Å². The van der Waals surface area contributed by atoms with Gasteiger partial charge in [0, 0.05) is 6.54 Å². The van der Waals surface area contributed by atoms with Gasteiger partial charge >= 0.3 is 0 Å². The Morgan fingerprint density at radius 3 is 2.79 bits per heavy atom. The van der Waals surface area contributed by atoms with Gasteiger partial charge in [0.2, 0.25) is 0 Å². The summed E-state index contributed by atoms with van der Waals surface area (Å²) in [6, 6.07) is 0. The summed E-state index contributed by atoms with van der Waals surface area (Å²) in [5.74, 6) is 0.708. The van der Waals surface area contributed by atoms with Crippen molar-refractivity contribution in [3.05, 3.63) is 12.2 Å². The Hall–Kier alpha value is -0.340. The lowest BCUT2D eigenvalue weighted by atomic mass is 10.00. The molecule has 0 spiro atoms. The highest BCUT2D eigenvalue weighted by Gasteiger charge is 2.20. The van der Waals surface area contributed by atoms with Crippen LogP contribution in [0.5, 0.6) is 0 Å². The normalized spacial score (nSPS) is 28.4. The Morgan fingerprint density at radius 2 is 2.21 bits per heavy atom. The van der Waals surface area contributed by atoms with Gasteiger partial charge in [-0.15, -0.1) is 0 Å². The van der Waals surface area contributed by atoms with Crippen molar-refractivity contribution in [2.45, 2.75) is 45.8 Å². The van der Waals surface area contributed by atoms with E-state index in [9.17, 15) is 0 Å². The minimum atomic E-state index is 0.338. The van der Waals surface area contributed by atoms with E-state index >= 15 is 0 Å². The average Bonchev–Trinajstić information content (AvgIpc) is 2.01. The van der Waals surface area contributed by atoms with Gasteiger partial charge in [-0.3, -0.25) is 0 Å². The van der Waals surface area contributed by atoms with Gasteiger partial charge in [-0.05, 0) is 32.2 Å². The molecule has 1 rings (SSSR count). The highest BCUT2D eigenvalue weighted by molar-refractivity contribution is 5.01. The van der Waals surface area contributed by atoms with Crippen LogP contribution in [0.15, 0.2) is 12.2 Å². The molecule has 1 N–H and O–H groups in total. The largest absolute Gasteiger partial charge is 0.373 e. The van der Waals surface area contributed by atoms with Crippen LogP contribution >= 0.6 is 0 Å². The summed E-state index contributed by atoms with van der Waals surface area (Å²) in [5, 5.41) is 3.43. The first-order valence-corrected chi connectivity index (χ1v) is 5.60. The number of hydrogen-bond donors (Lipinski definition) is 1. The maximum atomic E-state index is 5.82. The summed E-state index contributed by atoms with van der Waals surface area (Å²) < 4.78 is 5.82. The van der Waals surface area contributed by atoms with Crippen LogP contribution in [0.3, 0.4) is 0 Å². The van der Waals surface area contributed by atoms with Crippen LogP contribution in [-0.2, 0) is 4.74 Å². The molecular weight excluding hydrogens is 174 g/mol. The van der Waals surface area contributed by atoms with Gasteiger partial charge < -0.3 is 10.1 Å². The van der Waals surface area contributed by atoms with E-state index in [1.165, 1.54) is 5.57 Å². The van der Waals surface area contributed by atoms with Gasteiger partial charge in [0.05, 0.1) is 12.2 Å². The fourth-order valence-electron chi connectivity index (χ4n) is 1.89. The van der Waals surface area contributed by atoms with Crippen molar-refractivity contribution in [2.75, 3.05) is 13.1 Å². The summed E-state index contributed by atoms with van der Waals surface area (Å²) in [4.78, 5) is 0. The molecule has 0 radical (unpaired) electrons. The van der Waals surface area contributed by atoms with Crippen LogP contribution in [0, 0.1) is 5.92 Å². The topological polar surface area (TPSA) is 21.3 Å². The van der Waals surface area contributed by atoms with Crippen molar-refractivity contribution in [2.24, 2.45) is 5.92 Å². The monoisotopic (exact) mass is 197 g/mol. The average molecular weight is 197 g/mol. The van der Waals surface area contributed by atoms with Gasteiger partial charge in [-0.25, -0.2) is 0 Å². The Labute approximate surface area is 87.7 Å². The summed E-state index contributed by atoms with van der Waals surface area (Å²) in [5.41, 5.74) is 1.33. The van der Waals surface area contributed by atoms with Gasteiger partial charge in [0.1, 0.15) is 0 Å². The zero-order chi connectivity index (χ0) is 10.6. The first-order valence-electron chi connectivity index (χ1n) is 5.60. The van der Waals surface area contributed by atoms with Gasteiger partial charge in [-0.2, -0.15) is 0 Å². The molecule has 2 heteroatoms. The van der Waals surface area contributed by atoms with E-state index in [-0.39, 0.29) is 0 Å². The summed E-state index contributed by atoms with van der Waals surface area (Å²) in [6.45, 7) is 12.6. The summed E-state index contributed by atoms with van der Waals surface area (Å²) in [7, 11) is 0. The predicted octanol–water partition coefficient (Wildman–Crippen LogP) is 2.36. The first kappa shape index (κ1) is 11.7. The second kappa shape index (κ2) is 5.52. The molecule has 1 aliphatic heterocycles. The van der Waals surface area contributed by atoms with Gasteiger partial charge in [0.15, 0.2) is 0 Å². The molecule has 0 aromatic carbocycles. The molecule has 1 heterocycles. The third kappa shape index (κ3) is 4.25. The van der Waals surface area contributed by atoms with Crippen molar-refractivity contribution < 1.29 is 4.74 Å². The van der Waals surface area contributed by atoms with Crippen molar-refractivity contribution in [1.29, 1.82) is 0 Å². The SMILES string of the molecule is C=C1C[C@@H](CNCC(C)C)O[C@H](C)C1. The smallest absolute Gasteiger partial charge is 0.0740 e. The van der Waals surface area contributed by atoms with Crippen LogP contribution in [-0.4, -0.2) is 25.3 Å². The van der Waals surface area contributed by atoms with Crippen molar-refractivity contribution in [1.82, 2.24) is 5.32 Å². The summed E-state index contributed by atoms with van der Waals surface area (Å²) >= 11 is 0. The lowest BCUT2D eigenvalue weighted by Gasteiger charge is -2.29. The zero-order valence-electron chi connectivity index (χ0n) is 9.68. The Kier molecular flexibility index (Phi) is 4.63. The molecule has 82 valence electrons. The molecular formula is C12H23NO. The molecule has 1 aliphatic rings. The van der Waals surface area contributed by atoms with Crippen molar-refractivity contribution >= 4 is 0 Å². The van der Waals surface area contributed by atoms with Crippen LogP contribution in [0.1, 0.15) is 33.6 Å². The van der Waals surface area contributed by atoms with Gasteiger partial charge in [0.25, 0.3) is 0 Å². The minimum Gasteiger partial charge on any atom is -0.373 e. The van der Waals surface area contributed by atoms with Crippen molar-refractivity contribution in [3.63, 3.8) is 0 Å². The molecule has 2 nitrogen and oxygen atoms in total. The number of rotatable bonds is 4. The Balaban J connectivity index is 2.20. The number of nitrogens with one attached hydrogen (secondary N) is 1. The molecule has 0 aliphatic carbocycles. The zero-order valence-corrected chi connectivity index (χ0v) is 9.68. The highest BCUT2D eigenvalue weighted by Crippen LogP contribution is 2.22. The molecule has 0 amide bonds. The fraction of sp³-hybridized carbons (Fsp3) is 0.833. The standard InChI is InChI=1S/C12H23NO/c1-9(2)7-13-8-12-6-10(3)5-11(4)14-12/h9,11-13H,3,5-8H2,1-2,4H3/t11-,12+/m1/s1. The summed E-state index contributed by atoms with van der Waals surface area (Å²) in [6.07, 6.45) is 2.74. The molecule has 0 saturated carbocycles. The van der Waals surface area contributed by atoms with E-state index < -0.39 is 0 Å². The molecule has 1 fully saturated rings. The molecule has 0 bridgehead atoms. The first-order chi connectivity index (χ1) is 6.58. The van der Waals surface area contributed by atoms with E-state index in [0.29, 0.717) is 18.1 Å².